The van der Waals surface area contributed by atoms with E-state index < -0.39 is 92.4 Å². The minimum atomic E-state index is -1.33. The molecular formula is C67H84O18Si. The number of carbonyl (C=O) groups excluding carboxylic acids is 4. The van der Waals surface area contributed by atoms with Crippen LogP contribution in [0.2, 0.25) is 25.7 Å². The minimum Gasteiger partial charge on any atom is -0.508 e. The number of ether oxygens (including phenoxy) is 13. The summed E-state index contributed by atoms with van der Waals surface area (Å²) in [5.74, 6) is -3.45. The maximum Gasteiger partial charge on any atom is 0.342 e. The van der Waals surface area contributed by atoms with Crippen molar-refractivity contribution in [3.05, 3.63) is 155 Å². The van der Waals surface area contributed by atoms with Crippen LogP contribution in [0.5, 0.6) is 23.0 Å². The number of fused-ring (bicyclic) bond motifs is 4. The summed E-state index contributed by atoms with van der Waals surface area (Å²) in [6.07, 6.45) is 10.6. The fourth-order valence-electron chi connectivity index (χ4n) is 9.79. The molecule has 4 unspecified atom stereocenters. The molecule has 4 heterocycles. The average molecular weight is 1210 g/mol. The van der Waals surface area contributed by atoms with Crippen molar-refractivity contribution < 1.29 is 85.9 Å². The van der Waals surface area contributed by atoms with Crippen molar-refractivity contribution in [2.75, 3.05) is 34.4 Å². The zero-order valence-electron chi connectivity index (χ0n) is 51.6. The first kappa shape index (κ1) is 66.4. The third-order valence-electron chi connectivity index (χ3n) is 14.6. The lowest BCUT2D eigenvalue weighted by Gasteiger charge is -2.26. The molecule has 0 aliphatic carbocycles. The monoisotopic (exact) mass is 1200 g/mol. The highest BCUT2D eigenvalue weighted by atomic mass is 28.3. The van der Waals surface area contributed by atoms with Gasteiger partial charge >= 0.3 is 23.9 Å². The number of cyclic esters (lactones) is 2. The molecule has 0 radical (unpaired) electrons. The third kappa shape index (κ3) is 18.7. The highest BCUT2D eigenvalue weighted by Crippen LogP contribution is 2.39. The molecule has 86 heavy (non-hydrogen) atoms. The van der Waals surface area contributed by atoms with E-state index in [9.17, 15) is 24.3 Å². The number of hydrogen-bond acceptors (Lipinski definition) is 18. The Labute approximate surface area is 506 Å². The lowest BCUT2D eigenvalue weighted by molar-refractivity contribution is -0.153. The largest absolute Gasteiger partial charge is 0.508 e. The van der Waals surface area contributed by atoms with Crippen molar-refractivity contribution in [2.45, 2.75) is 154 Å². The van der Waals surface area contributed by atoms with Gasteiger partial charge in [0, 0.05) is 46.3 Å². The number of esters is 4. The Morgan fingerprint density at radius 3 is 1.44 bits per heavy atom. The standard InChI is InChI=1S/C36H48O9Si.C31H36O9/c1-24-17-18-29(43-34(37)26-13-10-9-11-14-26)33-30(44-36(3,4)45-33)16-12-15-27-21-28(40-19-20-46(6,7)8)22-31(41-23-39-5)32(27)35(38)42-25(24)2;1-19-14-15-24(38-29(33)21-10-7-6-8-11-21)28-25(39-31(3,4)40-28)13-9-12-22-16-23(32)17-26(36-18-35-5)27(22)30(34)37-20(19)2/h9-15,17-18,21-22,24-25,29-30,33H,16,19-20,23H2,1-8H3;6-12,14-17,19-20,24-25,28,32H,13,18H2,1-5H3/b15-12+,18-17-;12-9+,15-14-/t24-,25?,29?,30+,33-;19-,20?,24?,25+,28-/m11/s1. The van der Waals surface area contributed by atoms with Crippen LogP contribution >= 0.6 is 0 Å². The van der Waals surface area contributed by atoms with Gasteiger partial charge in [-0.1, -0.05) is 106 Å². The zero-order chi connectivity index (χ0) is 62.3. The van der Waals surface area contributed by atoms with Crippen LogP contribution in [0.1, 0.15) is 121 Å². The van der Waals surface area contributed by atoms with Gasteiger partial charge in [0.1, 0.15) is 70.7 Å². The SMILES string of the molecule is COCOc1cc(O)cc2c1C(=O)OC(C)[C@H](C)/C=C\C(OC(=O)c1ccccc1)[C@H]1OC(C)(C)O[C@H]1C/C=C/2.COCOc1cc(OCC[Si](C)(C)C)cc2c1C(=O)OC(C)[C@H](C)/C=C\C(OC(=O)c1ccccc1)[C@H]1OC(C)(C)O[C@H]1C/C=C/2. The van der Waals surface area contributed by atoms with E-state index in [1.807, 2.05) is 97.0 Å². The smallest absolute Gasteiger partial charge is 0.342 e. The van der Waals surface area contributed by atoms with Crippen LogP contribution in [0.15, 0.2) is 121 Å². The Hall–Kier alpha value is -7.10. The van der Waals surface area contributed by atoms with Crippen molar-refractivity contribution in [2.24, 2.45) is 11.8 Å². The number of carbonyl (C=O) groups is 4. The van der Waals surface area contributed by atoms with E-state index in [-0.39, 0.29) is 48.0 Å². The molecule has 4 aliphatic rings. The van der Waals surface area contributed by atoms with E-state index in [0.717, 1.165) is 6.04 Å². The summed E-state index contributed by atoms with van der Waals surface area (Å²) < 4.78 is 76.7. The zero-order valence-corrected chi connectivity index (χ0v) is 52.6. The lowest BCUT2D eigenvalue weighted by atomic mass is 9.98. The second kappa shape index (κ2) is 30.0. The molecule has 464 valence electrons. The van der Waals surface area contributed by atoms with Gasteiger partial charge in [0.25, 0.3) is 0 Å². The second-order valence-electron chi connectivity index (χ2n) is 23.8. The van der Waals surface area contributed by atoms with Gasteiger partial charge in [-0.05, 0) is 120 Å². The van der Waals surface area contributed by atoms with Gasteiger partial charge in [-0.2, -0.15) is 0 Å². The number of benzene rings is 4. The highest BCUT2D eigenvalue weighted by molar-refractivity contribution is 6.76. The van der Waals surface area contributed by atoms with E-state index in [2.05, 4.69) is 19.6 Å². The summed E-state index contributed by atoms with van der Waals surface area (Å²) in [6.45, 7) is 22.0. The van der Waals surface area contributed by atoms with Crippen molar-refractivity contribution in [1.82, 2.24) is 0 Å². The molecule has 18 nitrogen and oxygen atoms in total. The van der Waals surface area contributed by atoms with Gasteiger partial charge in [0.05, 0.1) is 29.9 Å². The molecule has 8 rings (SSSR count). The minimum absolute atomic E-state index is 0.0520. The molecular weight excluding hydrogens is 1120 g/mol. The molecule has 0 saturated carbocycles. The van der Waals surface area contributed by atoms with Crippen molar-refractivity contribution >= 4 is 44.1 Å². The molecule has 4 aromatic rings. The van der Waals surface area contributed by atoms with Crippen LogP contribution < -0.4 is 14.2 Å². The van der Waals surface area contributed by atoms with Crippen LogP contribution in [-0.4, -0.2) is 132 Å². The third-order valence-corrected chi connectivity index (χ3v) is 16.3. The predicted molar refractivity (Wildman–Crippen MR) is 326 cm³/mol. The first-order chi connectivity index (χ1) is 40.8. The van der Waals surface area contributed by atoms with Gasteiger partial charge in [-0.3, -0.25) is 0 Å². The van der Waals surface area contributed by atoms with Gasteiger partial charge in [-0.15, -0.1) is 0 Å². The molecule has 0 aromatic heterocycles. The number of phenolic OH excluding ortho intramolecular Hbond substituents is 1. The predicted octanol–water partition coefficient (Wildman–Crippen LogP) is 12.6. The van der Waals surface area contributed by atoms with E-state index in [1.54, 1.807) is 79.7 Å². The van der Waals surface area contributed by atoms with Gasteiger partial charge in [0.2, 0.25) is 0 Å². The fourth-order valence-corrected chi connectivity index (χ4v) is 10.5. The van der Waals surface area contributed by atoms with E-state index >= 15 is 0 Å². The summed E-state index contributed by atoms with van der Waals surface area (Å²) in [7, 11) is 1.65. The lowest BCUT2D eigenvalue weighted by Crippen LogP contribution is -2.37. The summed E-state index contributed by atoms with van der Waals surface area (Å²) in [5.41, 5.74) is 2.29. The highest BCUT2D eigenvalue weighted by Gasteiger charge is 2.47. The Morgan fingerprint density at radius 2 is 1.01 bits per heavy atom. The molecule has 4 aliphatic heterocycles. The van der Waals surface area contributed by atoms with Crippen LogP contribution in [0, 0.1) is 11.8 Å². The Bertz CT molecular complexity index is 3060. The van der Waals surface area contributed by atoms with Crippen LogP contribution in [0.4, 0.5) is 0 Å². The normalized spacial score (nSPS) is 26.9. The molecule has 0 bridgehead atoms. The van der Waals surface area contributed by atoms with E-state index in [4.69, 9.17) is 61.6 Å². The quantitative estimate of drug-likeness (QED) is 0.0409. The van der Waals surface area contributed by atoms with Gasteiger partial charge < -0.3 is 66.7 Å². The van der Waals surface area contributed by atoms with E-state index in [1.165, 1.54) is 26.4 Å². The first-order valence-electron chi connectivity index (χ1n) is 29.1. The van der Waals surface area contributed by atoms with Crippen molar-refractivity contribution in [3.8, 4) is 23.0 Å². The molecule has 2 saturated heterocycles. The summed E-state index contributed by atoms with van der Waals surface area (Å²) in [6, 6.07) is 24.9. The molecule has 1 N–H and O–H groups in total. The maximum atomic E-state index is 13.8. The number of hydrogen-bond donors (Lipinski definition) is 1. The van der Waals surface area contributed by atoms with Gasteiger partial charge in [-0.25, -0.2) is 19.2 Å². The molecule has 10 atom stereocenters. The number of phenols is 1. The Balaban J connectivity index is 0.000000248. The molecule has 0 amide bonds. The van der Waals surface area contributed by atoms with E-state index in [0.29, 0.717) is 53.2 Å². The summed E-state index contributed by atoms with van der Waals surface area (Å²) in [4.78, 5) is 53.3. The average Bonchev–Trinajstić information content (AvgIpc) is 3.07. The first-order valence-corrected chi connectivity index (χ1v) is 32.8. The topological polar surface area (TPSA) is 208 Å². The van der Waals surface area contributed by atoms with Crippen molar-refractivity contribution in [3.63, 3.8) is 0 Å². The van der Waals surface area contributed by atoms with Crippen LogP contribution in [0.3, 0.4) is 0 Å². The van der Waals surface area contributed by atoms with Crippen LogP contribution in [0.25, 0.3) is 12.2 Å². The Morgan fingerprint density at radius 1 is 0.581 bits per heavy atom. The van der Waals surface area contributed by atoms with Crippen molar-refractivity contribution in [1.29, 1.82) is 0 Å². The van der Waals surface area contributed by atoms with Crippen LogP contribution in [-0.2, 0) is 47.4 Å². The fraction of sp³-hybridized carbons (Fsp3) is 0.463. The molecule has 19 heteroatoms. The molecule has 4 aromatic carbocycles. The molecule has 2 fully saturated rings. The summed E-state index contributed by atoms with van der Waals surface area (Å²) >= 11 is 0. The Kier molecular flexibility index (Phi) is 23.2. The number of aromatic hydroxyl groups is 1. The second-order valence-corrected chi connectivity index (χ2v) is 29.4. The van der Waals surface area contributed by atoms with Gasteiger partial charge in [0.15, 0.2) is 25.2 Å². The maximum absolute atomic E-state index is 13.8. The number of rotatable bonds is 14. The number of methoxy groups -OCH3 is 2. The summed E-state index contributed by atoms with van der Waals surface area (Å²) in [5, 5.41) is 10.3. The molecule has 0 spiro atoms.